The highest BCUT2D eigenvalue weighted by molar-refractivity contribution is 6.27. The minimum Gasteiger partial charge on any atom is -0.449 e. The quantitative estimate of drug-likeness (QED) is 0.621. The Morgan fingerprint density at radius 3 is 2.58 bits per heavy atom. The molecule has 0 spiro atoms. The first-order valence-corrected chi connectivity index (χ1v) is 5.70. The van der Waals surface area contributed by atoms with Crippen LogP contribution in [0.1, 0.15) is 55.2 Å². The molecule has 0 unspecified atom stereocenters. The number of pyridine rings is 1. The van der Waals surface area contributed by atoms with Gasteiger partial charge in [0, 0.05) is 13.1 Å². The first-order valence-electron chi connectivity index (χ1n) is 5.70. The van der Waals surface area contributed by atoms with Crippen LogP contribution in [0.3, 0.4) is 0 Å². The van der Waals surface area contributed by atoms with Crippen LogP contribution in [0.5, 0.6) is 0 Å². The number of rotatable bonds is 1. The lowest BCUT2D eigenvalue weighted by molar-refractivity contribution is 0.0943. The Labute approximate surface area is 108 Å². The number of hydrogen-bond donors (Lipinski definition) is 0. The van der Waals surface area contributed by atoms with E-state index < -0.39 is 5.78 Å². The predicted octanol–water partition coefficient (Wildman–Crippen LogP) is 1.96. The molecule has 0 aliphatic heterocycles. The van der Waals surface area contributed by atoms with Crippen LogP contribution in [-0.2, 0) is 0 Å². The maximum absolute atomic E-state index is 12.3. The van der Waals surface area contributed by atoms with E-state index in [1.165, 1.54) is 19.2 Å². The molecular weight excluding hydrogens is 246 g/mol. The Hall–Kier alpha value is -2.56. The van der Waals surface area contributed by atoms with E-state index in [2.05, 4.69) is 4.98 Å². The molecule has 94 valence electrons. The molecule has 1 aliphatic carbocycles. The lowest BCUT2D eigenvalue weighted by Gasteiger charge is -2.12. The third-order valence-electron chi connectivity index (χ3n) is 3.01. The topological polar surface area (TPSA) is 77.2 Å². The Kier molecular flexibility index (Phi) is 2.25. The molecule has 0 aromatic carbocycles. The van der Waals surface area contributed by atoms with Gasteiger partial charge in [0.15, 0.2) is 23.1 Å². The molecule has 0 fully saturated rings. The fourth-order valence-corrected chi connectivity index (χ4v) is 2.08. The molecule has 19 heavy (non-hydrogen) atoms. The van der Waals surface area contributed by atoms with Gasteiger partial charge in [0.2, 0.25) is 5.78 Å². The van der Waals surface area contributed by atoms with E-state index in [1.807, 2.05) is 0 Å². The summed E-state index contributed by atoms with van der Waals surface area (Å²) in [5, 5.41) is 0. The minimum absolute atomic E-state index is 0.0104. The van der Waals surface area contributed by atoms with Gasteiger partial charge in [-0.1, -0.05) is 0 Å². The molecule has 2 aromatic heterocycles. The zero-order valence-electron chi connectivity index (χ0n) is 10.3. The number of aromatic nitrogens is 1. The number of aryl methyl sites for hydroxylation is 1. The Balaban J connectivity index is 2.26. The largest absolute Gasteiger partial charge is 0.449 e. The molecule has 2 aromatic rings. The molecule has 0 bridgehead atoms. The van der Waals surface area contributed by atoms with Crippen LogP contribution in [0.15, 0.2) is 22.7 Å². The van der Waals surface area contributed by atoms with Gasteiger partial charge in [0.05, 0.1) is 11.1 Å². The van der Waals surface area contributed by atoms with Crippen molar-refractivity contribution in [3.8, 4) is 0 Å². The molecule has 0 saturated carbocycles. The third-order valence-corrected chi connectivity index (χ3v) is 3.01. The Morgan fingerprint density at radius 1 is 1.16 bits per heavy atom. The summed E-state index contributed by atoms with van der Waals surface area (Å²) in [5.41, 5.74) is 1.26. The maximum Gasteiger partial charge on any atom is 0.248 e. The number of hydrogen-bond acceptors (Lipinski definition) is 5. The van der Waals surface area contributed by atoms with Crippen molar-refractivity contribution in [2.24, 2.45) is 0 Å². The van der Waals surface area contributed by atoms with Gasteiger partial charge in [0.25, 0.3) is 0 Å². The fourth-order valence-electron chi connectivity index (χ4n) is 2.08. The van der Waals surface area contributed by atoms with Crippen molar-refractivity contribution >= 4 is 17.3 Å². The fraction of sp³-hybridized carbons (Fsp3) is 0.143. The molecule has 0 N–H and O–H groups in total. The van der Waals surface area contributed by atoms with Gasteiger partial charge in [-0.25, -0.2) is 0 Å². The van der Waals surface area contributed by atoms with Crippen LogP contribution < -0.4 is 0 Å². The second-order valence-electron chi connectivity index (χ2n) is 4.48. The van der Waals surface area contributed by atoms with E-state index in [1.54, 1.807) is 13.0 Å². The molecule has 5 heteroatoms. The van der Waals surface area contributed by atoms with E-state index in [0.29, 0.717) is 0 Å². The van der Waals surface area contributed by atoms with Gasteiger partial charge in [-0.3, -0.25) is 19.4 Å². The first-order chi connectivity index (χ1) is 8.99. The lowest BCUT2D eigenvalue weighted by atomic mass is 9.91. The van der Waals surface area contributed by atoms with Crippen molar-refractivity contribution in [1.29, 1.82) is 0 Å². The zero-order valence-corrected chi connectivity index (χ0v) is 10.3. The van der Waals surface area contributed by atoms with Crippen LogP contribution in [0, 0.1) is 6.92 Å². The summed E-state index contributed by atoms with van der Waals surface area (Å²) in [6, 6.07) is 2.94. The molecular formula is C14H9NO4. The van der Waals surface area contributed by atoms with Crippen molar-refractivity contribution in [3.63, 3.8) is 0 Å². The van der Waals surface area contributed by atoms with Crippen LogP contribution in [-0.4, -0.2) is 22.3 Å². The minimum atomic E-state index is -0.461. The predicted molar refractivity (Wildman–Crippen MR) is 64.6 cm³/mol. The average molecular weight is 255 g/mol. The summed E-state index contributed by atoms with van der Waals surface area (Å²) in [7, 11) is 0. The SMILES string of the molecule is CC(=O)c1cc2c(o1)C(=O)c1ncc(C)cc1C2=O. The second-order valence-corrected chi connectivity index (χ2v) is 4.48. The van der Waals surface area contributed by atoms with E-state index in [9.17, 15) is 14.4 Å². The lowest BCUT2D eigenvalue weighted by Crippen LogP contribution is -2.20. The van der Waals surface area contributed by atoms with Gasteiger partial charge < -0.3 is 4.42 Å². The number of fused-ring (bicyclic) bond motifs is 2. The van der Waals surface area contributed by atoms with E-state index in [0.717, 1.165) is 5.56 Å². The smallest absolute Gasteiger partial charge is 0.248 e. The molecule has 0 radical (unpaired) electrons. The number of Topliss-reactive ketones (excluding diaryl/α,β-unsaturated/α-hetero) is 1. The second kappa shape index (κ2) is 3.71. The summed E-state index contributed by atoms with van der Waals surface area (Å²) in [6.45, 7) is 3.10. The van der Waals surface area contributed by atoms with Gasteiger partial charge in [0.1, 0.15) is 5.69 Å². The first kappa shape index (κ1) is 11.5. The van der Waals surface area contributed by atoms with Crippen molar-refractivity contribution in [2.45, 2.75) is 13.8 Å². The van der Waals surface area contributed by atoms with E-state index >= 15 is 0 Å². The Bertz CT molecular complexity index is 755. The normalized spacial score (nSPS) is 13.2. The summed E-state index contributed by atoms with van der Waals surface area (Å²) >= 11 is 0. The maximum atomic E-state index is 12.3. The zero-order chi connectivity index (χ0) is 13.7. The van der Waals surface area contributed by atoms with Crippen LogP contribution in [0.2, 0.25) is 0 Å². The standard InChI is InChI=1S/C14H9NO4/c1-6-3-8-11(15-5-6)13(18)14-9(12(8)17)4-10(19-14)7(2)16/h3-5H,1-2H3. The van der Waals surface area contributed by atoms with Crippen molar-refractivity contribution in [1.82, 2.24) is 4.98 Å². The number of carbonyl (C=O) groups excluding carboxylic acids is 3. The van der Waals surface area contributed by atoms with Crippen molar-refractivity contribution in [3.05, 3.63) is 52.2 Å². The highest BCUT2D eigenvalue weighted by Gasteiger charge is 2.35. The third kappa shape index (κ3) is 1.55. The van der Waals surface area contributed by atoms with Crippen molar-refractivity contribution in [2.75, 3.05) is 0 Å². The molecule has 1 aliphatic rings. The monoisotopic (exact) mass is 255 g/mol. The molecule has 3 rings (SSSR count). The van der Waals surface area contributed by atoms with E-state index in [-0.39, 0.29) is 39.9 Å². The summed E-state index contributed by atoms with van der Waals surface area (Å²) in [5.74, 6) is -1.22. The number of furan rings is 1. The van der Waals surface area contributed by atoms with Gasteiger partial charge in [-0.05, 0) is 24.6 Å². The number of nitrogens with zero attached hydrogens (tertiary/aromatic N) is 1. The Morgan fingerprint density at radius 2 is 1.89 bits per heavy atom. The average Bonchev–Trinajstić information content (AvgIpc) is 2.81. The summed E-state index contributed by atoms with van der Waals surface area (Å²) in [4.78, 5) is 39.7. The van der Waals surface area contributed by atoms with Gasteiger partial charge in [-0.2, -0.15) is 0 Å². The van der Waals surface area contributed by atoms with Gasteiger partial charge >= 0.3 is 0 Å². The molecule has 0 atom stereocenters. The number of carbonyl (C=O) groups is 3. The molecule has 0 amide bonds. The highest BCUT2D eigenvalue weighted by Crippen LogP contribution is 2.29. The van der Waals surface area contributed by atoms with Crippen LogP contribution in [0.4, 0.5) is 0 Å². The molecule has 2 heterocycles. The number of ketones is 3. The molecule has 5 nitrogen and oxygen atoms in total. The van der Waals surface area contributed by atoms with E-state index in [4.69, 9.17) is 4.42 Å². The van der Waals surface area contributed by atoms with Crippen molar-refractivity contribution < 1.29 is 18.8 Å². The highest BCUT2D eigenvalue weighted by atomic mass is 16.4. The summed E-state index contributed by atoms with van der Waals surface area (Å²) in [6.07, 6.45) is 1.52. The van der Waals surface area contributed by atoms with Crippen LogP contribution >= 0.6 is 0 Å². The molecule has 0 saturated heterocycles. The van der Waals surface area contributed by atoms with Gasteiger partial charge in [-0.15, -0.1) is 0 Å². The van der Waals surface area contributed by atoms with Crippen LogP contribution in [0.25, 0.3) is 0 Å². The summed E-state index contributed by atoms with van der Waals surface area (Å²) < 4.78 is 5.18.